The summed E-state index contributed by atoms with van der Waals surface area (Å²) in [5.74, 6) is -1.30. The van der Waals surface area contributed by atoms with Crippen molar-refractivity contribution in [2.75, 3.05) is 12.0 Å². The van der Waals surface area contributed by atoms with E-state index >= 15 is 0 Å². The summed E-state index contributed by atoms with van der Waals surface area (Å²) in [6.07, 6.45) is 3.01. The monoisotopic (exact) mass is 477 g/mol. The van der Waals surface area contributed by atoms with Gasteiger partial charge in [-0.25, -0.2) is 4.98 Å². The number of ketones is 1. The van der Waals surface area contributed by atoms with Crippen molar-refractivity contribution >= 4 is 55.7 Å². The first kappa shape index (κ1) is 21.1. The number of aromatic nitrogens is 2. The zero-order valence-corrected chi connectivity index (χ0v) is 18.8. The highest BCUT2D eigenvalue weighted by Crippen LogP contribution is 2.45. The number of methoxy groups -OCH3 is 1. The molecule has 0 radical (unpaired) electrons. The smallest absolute Gasteiger partial charge is 0.301 e. The average Bonchev–Trinajstić information content (AvgIpc) is 3.37. The highest BCUT2D eigenvalue weighted by molar-refractivity contribution is 7.22. The summed E-state index contributed by atoms with van der Waals surface area (Å²) < 4.78 is 6.12. The van der Waals surface area contributed by atoms with Gasteiger partial charge in [-0.1, -0.05) is 35.1 Å². The van der Waals surface area contributed by atoms with Gasteiger partial charge in [0.2, 0.25) is 0 Å². The number of anilines is 1. The van der Waals surface area contributed by atoms with E-state index in [2.05, 4.69) is 9.97 Å². The van der Waals surface area contributed by atoms with Crippen LogP contribution in [0.3, 0.4) is 0 Å². The molecule has 0 bridgehead atoms. The van der Waals surface area contributed by atoms with Gasteiger partial charge in [0, 0.05) is 23.0 Å². The lowest BCUT2D eigenvalue weighted by Crippen LogP contribution is -2.29. The minimum absolute atomic E-state index is 0.0308. The standard InChI is InChI=1S/C24H16ClN3O4S/c1-32-16-4-2-3-14(11-16)20-19(21(29)13-7-9-26-10-8-13)22(30)23(31)28(20)24-27-17-6-5-15(25)12-18(17)33-24/h2-12,20,29H,1H3/b21-19+. The average molecular weight is 478 g/mol. The van der Waals surface area contributed by atoms with Gasteiger partial charge in [0.15, 0.2) is 5.13 Å². The molecule has 9 heteroatoms. The fourth-order valence-electron chi connectivity index (χ4n) is 3.81. The first-order valence-electron chi connectivity index (χ1n) is 9.89. The number of benzene rings is 2. The van der Waals surface area contributed by atoms with Crippen LogP contribution in [0, 0.1) is 0 Å². The number of fused-ring (bicyclic) bond motifs is 1. The van der Waals surface area contributed by atoms with Crippen LogP contribution in [0.4, 0.5) is 5.13 Å². The van der Waals surface area contributed by atoms with Crippen LogP contribution in [0.5, 0.6) is 5.75 Å². The third kappa shape index (κ3) is 3.63. The number of halogens is 1. The fourth-order valence-corrected chi connectivity index (χ4v) is 5.08. The number of hydrogen-bond acceptors (Lipinski definition) is 7. The lowest BCUT2D eigenvalue weighted by molar-refractivity contribution is -0.132. The molecular weight excluding hydrogens is 462 g/mol. The third-order valence-corrected chi connectivity index (χ3v) is 6.61. The topological polar surface area (TPSA) is 92.6 Å². The van der Waals surface area contributed by atoms with Crippen LogP contribution in [0.1, 0.15) is 17.2 Å². The predicted octanol–water partition coefficient (Wildman–Crippen LogP) is 4.98. The van der Waals surface area contributed by atoms with Crippen LogP contribution >= 0.6 is 22.9 Å². The van der Waals surface area contributed by atoms with Crippen molar-refractivity contribution in [3.63, 3.8) is 0 Å². The first-order chi connectivity index (χ1) is 16.0. The van der Waals surface area contributed by atoms with Crippen LogP contribution < -0.4 is 9.64 Å². The quantitative estimate of drug-likeness (QED) is 0.253. The summed E-state index contributed by atoms with van der Waals surface area (Å²) in [5.41, 5.74) is 1.60. The van der Waals surface area contributed by atoms with Crippen molar-refractivity contribution in [2.24, 2.45) is 0 Å². The molecule has 5 rings (SSSR count). The summed E-state index contributed by atoms with van der Waals surface area (Å²) in [7, 11) is 1.53. The van der Waals surface area contributed by atoms with E-state index in [0.717, 1.165) is 4.70 Å². The molecule has 1 fully saturated rings. The second kappa shape index (κ2) is 8.31. The molecule has 164 valence electrons. The number of amides is 1. The van der Waals surface area contributed by atoms with Crippen molar-refractivity contribution in [1.29, 1.82) is 0 Å². The molecule has 7 nitrogen and oxygen atoms in total. The van der Waals surface area contributed by atoms with Crippen LogP contribution in [0.25, 0.3) is 16.0 Å². The molecule has 1 unspecified atom stereocenters. The maximum atomic E-state index is 13.3. The second-order valence-electron chi connectivity index (χ2n) is 7.29. The highest BCUT2D eigenvalue weighted by atomic mass is 35.5. The van der Waals surface area contributed by atoms with Gasteiger partial charge in [-0.15, -0.1) is 0 Å². The summed E-state index contributed by atoms with van der Waals surface area (Å²) in [6, 6.07) is 14.5. The molecule has 3 heterocycles. The first-order valence-corrected chi connectivity index (χ1v) is 11.1. The normalized spacial score (nSPS) is 17.6. The van der Waals surface area contributed by atoms with E-state index < -0.39 is 17.7 Å². The minimum Gasteiger partial charge on any atom is -0.507 e. The molecule has 1 atom stereocenters. The van der Waals surface area contributed by atoms with Gasteiger partial charge in [0.25, 0.3) is 5.78 Å². The number of aliphatic hydroxyl groups is 1. The largest absolute Gasteiger partial charge is 0.507 e. The Morgan fingerprint density at radius 2 is 1.91 bits per heavy atom. The molecule has 1 amide bonds. The Hall–Kier alpha value is -3.75. The van der Waals surface area contributed by atoms with Crippen molar-refractivity contribution in [1.82, 2.24) is 9.97 Å². The molecule has 1 aliphatic rings. The molecule has 1 saturated heterocycles. The maximum absolute atomic E-state index is 13.3. The van der Waals surface area contributed by atoms with E-state index in [1.54, 1.807) is 54.6 Å². The van der Waals surface area contributed by atoms with Crippen molar-refractivity contribution < 1.29 is 19.4 Å². The number of thiazole rings is 1. The van der Waals surface area contributed by atoms with Crippen LogP contribution in [-0.2, 0) is 9.59 Å². The van der Waals surface area contributed by atoms with Gasteiger partial charge in [-0.2, -0.15) is 0 Å². The number of aliphatic hydroxyl groups excluding tert-OH is 1. The number of hydrogen-bond donors (Lipinski definition) is 1. The van der Waals surface area contributed by atoms with Crippen LogP contribution in [-0.4, -0.2) is 33.9 Å². The molecule has 0 aliphatic carbocycles. The van der Waals surface area contributed by atoms with Gasteiger partial charge < -0.3 is 9.84 Å². The minimum atomic E-state index is -0.899. The van der Waals surface area contributed by atoms with E-state index in [0.29, 0.717) is 32.5 Å². The van der Waals surface area contributed by atoms with Gasteiger partial charge in [-0.05, 0) is 48.0 Å². The molecule has 1 N–H and O–H groups in total. The molecular formula is C24H16ClN3O4S. The van der Waals surface area contributed by atoms with Crippen LogP contribution in [0.15, 0.2) is 72.6 Å². The maximum Gasteiger partial charge on any atom is 0.301 e. The summed E-state index contributed by atoms with van der Waals surface area (Å²) in [4.78, 5) is 36.3. The number of nitrogens with zero attached hydrogens (tertiary/aromatic N) is 3. The third-order valence-electron chi connectivity index (χ3n) is 5.35. The number of rotatable bonds is 4. The Morgan fingerprint density at radius 3 is 2.67 bits per heavy atom. The van der Waals surface area contributed by atoms with Crippen LogP contribution in [0.2, 0.25) is 5.02 Å². The molecule has 0 saturated carbocycles. The number of Topliss-reactive ketones (excluding diaryl/α,β-unsaturated/α-hetero) is 1. The highest BCUT2D eigenvalue weighted by Gasteiger charge is 2.48. The van der Waals surface area contributed by atoms with Crippen molar-refractivity contribution in [3.05, 3.63) is 88.7 Å². The predicted molar refractivity (Wildman–Crippen MR) is 127 cm³/mol. The summed E-state index contributed by atoms with van der Waals surface area (Å²) >= 11 is 7.36. The number of carbonyl (C=O) groups is 2. The summed E-state index contributed by atoms with van der Waals surface area (Å²) in [5, 5.41) is 12.0. The molecule has 4 aromatic rings. The number of ether oxygens (including phenoxy) is 1. The molecule has 33 heavy (non-hydrogen) atoms. The lowest BCUT2D eigenvalue weighted by atomic mass is 9.95. The Labute approximate surface area is 197 Å². The molecule has 2 aromatic carbocycles. The fraction of sp³-hybridized carbons (Fsp3) is 0.0833. The van der Waals surface area contributed by atoms with E-state index in [1.807, 2.05) is 0 Å². The van der Waals surface area contributed by atoms with Gasteiger partial charge in [-0.3, -0.25) is 19.5 Å². The molecule has 0 spiro atoms. The van der Waals surface area contributed by atoms with Crippen molar-refractivity contribution in [2.45, 2.75) is 6.04 Å². The second-order valence-corrected chi connectivity index (χ2v) is 8.74. The Balaban J connectivity index is 1.74. The Bertz CT molecular complexity index is 1430. The number of pyridine rings is 1. The molecule has 1 aliphatic heterocycles. The Kier molecular flexibility index (Phi) is 5.32. The zero-order chi connectivity index (χ0) is 23.1. The van der Waals surface area contributed by atoms with Gasteiger partial charge >= 0.3 is 5.91 Å². The van der Waals surface area contributed by atoms with E-state index in [9.17, 15) is 14.7 Å². The van der Waals surface area contributed by atoms with E-state index in [4.69, 9.17) is 16.3 Å². The zero-order valence-electron chi connectivity index (χ0n) is 17.2. The van der Waals surface area contributed by atoms with E-state index in [-0.39, 0.29) is 11.3 Å². The van der Waals surface area contributed by atoms with Gasteiger partial charge in [0.05, 0.1) is 28.9 Å². The Morgan fingerprint density at radius 1 is 1.12 bits per heavy atom. The lowest BCUT2D eigenvalue weighted by Gasteiger charge is -2.23. The SMILES string of the molecule is COc1cccc(C2/C(=C(\O)c3ccncc3)C(=O)C(=O)N2c2nc3ccc(Cl)cc3s2)c1. The number of carbonyl (C=O) groups excluding carboxylic acids is 2. The van der Waals surface area contributed by atoms with E-state index in [1.165, 1.54) is 35.7 Å². The van der Waals surface area contributed by atoms with Gasteiger partial charge in [0.1, 0.15) is 11.5 Å². The molecule has 2 aromatic heterocycles. The summed E-state index contributed by atoms with van der Waals surface area (Å²) in [6.45, 7) is 0. The van der Waals surface area contributed by atoms with Crippen molar-refractivity contribution in [3.8, 4) is 5.75 Å².